The van der Waals surface area contributed by atoms with Gasteiger partial charge in [0.25, 0.3) is 5.92 Å². The van der Waals surface area contributed by atoms with Gasteiger partial charge >= 0.3 is 6.09 Å². The summed E-state index contributed by atoms with van der Waals surface area (Å²) in [5.74, 6) is -3.45. The lowest BCUT2D eigenvalue weighted by Crippen LogP contribution is -2.51. The highest BCUT2D eigenvalue weighted by Crippen LogP contribution is 2.43. The van der Waals surface area contributed by atoms with Crippen LogP contribution in [-0.4, -0.2) is 74.6 Å². The number of amides is 1. The van der Waals surface area contributed by atoms with Crippen molar-refractivity contribution in [2.45, 2.75) is 82.4 Å². The molecule has 9 nitrogen and oxygen atoms in total. The standard InChI is InChI=1S/C21H28F3N5O4/c1-19(2,3)33-18(30)29-6-5-14(13(22)10-29)27-17-26-9-12(8-25)16(28-17)32-15-7-21(23,24)11-20(15,4)31/h9,13-15,31H,5-7,10-11H2,1-4H3,(H,26,27,28)/t13-,14-,15?,20?/m1/s1. The number of nitrogens with one attached hydrogen (secondary N) is 1. The fourth-order valence-electron chi connectivity index (χ4n) is 3.83. The summed E-state index contributed by atoms with van der Waals surface area (Å²) in [6.07, 6.45) is -3.47. The maximum Gasteiger partial charge on any atom is 0.410 e. The topological polar surface area (TPSA) is 121 Å². The maximum absolute atomic E-state index is 14.8. The highest BCUT2D eigenvalue weighted by Gasteiger charge is 2.54. The van der Waals surface area contributed by atoms with Gasteiger partial charge < -0.3 is 24.8 Å². The average molecular weight is 471 g/mol. The summed E-state index contributed by atoms with van der Waals surface area (Å²) in [5, 5.41) is 22.4. The Morgan fingerprint density at radius 2 is 2.12 bits per heavy atom. The zero-order valence-corrected chi connectivity index (χ0v) is 18.9. The summed E-state index contributed by atoms with van der Waals surface area (Å²) in [6.45, 7) is 6.45. The monoisotopic (exact) mass is 471 g/mol. The van der Waals surface area contributed by atoms with Crippen molar-refractivity contribution in [2.24, 2.45) is 0 Å². The van der Waals surface area contributed by atoms with E-state index in [0.717, 1.165) is 6.20 Å². The third-order valence-electron chi connectivity index (χ3n) is 5.43. The molecule has 2 fully saturated rings. The first-order chi connectivity index (χ1) is 15.2. The molecule has 182 valence electrons. The molecule has 0 bridgehead atoms. The summed E-state index contributed by atoms with van der Waals surface area (Å²) in [4.78, 5) is 21.5. The number of halogens is 3. The second-order valence-corrected chi connectivity index (χ2v) is 9.71. The van der Waals surface area contributed by atoms with Gasteiger partial charge in [0.05, 0.1) is 25.2 Å². The van der Waals surface area contributed by atoms with Crippen LogP contribution in [0.2, 0.25) is 0 Å². The Balaban J connectivity index is 1.68. The summed E-state index contributed by atoms with van der Waals surface area (Å²) < 4.78 is 53.0. The van der Waals surface area contributed by atoms with Gasteiger partial charge in [0.15, 0.2) is 0 Å². The van der Waals surface area contributed by atoms with Crippen molar-refractivity contribution in [1.29, 1.82) is 5.26 Å². The van der Waals surface area contributed by atoms with Gasteiger partial charge in [-0.15, -0.1) is 0 Å². The molecule has 1 aliphatic heterocycles. The second-order valence-electron chi connectivity index (χ2n) is 9.71. The number of aromatic nitrogens is 2. The van der Waals surface area contributed by atoms with E-state index < -0.39 is 54.4 Å². The van der Waals surface area contributed by atoms with E-state index in [9.17, 15) is 28.3 Å². The van der Waals surface area contributed by atoms with Crippen LogP contribution in [0.15, 0.2) is 6.20 Å². The number of anilines is 1. The van der Waals surface area contributed by atoms with Crippen LogP contribution >= 0.6 is 0 Å². The molecule has 33 heavy (non-hydrogen) atoms. The quantitative estimate of drug-likeness (QED) is 0.688. The molecule has 3 rings (SSSR count). The van der Waals surface area contributed by atoms with Crippen molar-refractivity contribution in [3.8, 4) is 11.9 Å². The Kier molecular flexibility index (Phi) is 6.66. The molecule has 2 aliphatic rings. The molecule has 4 atom stereocenters. The molecular weight excluding hydrogens is 443 g/mol. The van der Waals surface area contributed by atoms with Crippen LogP contribution in [-0.2, 0) is 4.74 Å². The van der Waals surface area contributed by atoms with Crippen LogP contribution in [0.4, 0.5) is 23.9 Å². The second kappa shape index (κ2) is 8.85. The number of likely N-dealkylation sites (tertiary alicyclic amines) is 1. The van der Waals surface area contributed by atoms with Crippen LogP contribution in [0.5, 0.6) is 5.88 Å². The third kappa shape index (κ3) is 6.16. The molecule has 0 aromatic carbocycles. The molecule has 1 aliphatic carbocycles. The Bertz CT molecular complexity index is 931. The van der Waals surface area contributed by atoms with Gasteiger partial charge in [-0.25, -0.2) is 22.9 Å². The number of hydrogen-bond donors (Lipinski definition) is 2. The first kappa shape index (κ1) is 24.8. The van der Waals surface area contributed by atoms with Crippen molar-refractivity contribution in [3.05, 3.63) is 11.8 Å². The fourth-order valence-corrected chi connectivity index (χ4v) is 3.83. The minimum Gasteiger partial charge on any atom is -0.470 e. The van der Waals surface area contributed by atoms with Crippen molar-refractivity contribution in [2.75, 3.05) is 18.4 Å². The highest BCUT2D eigenvalue weighted by atomic mass is 19.3. The number of piperidine rings is 1. The minimum absolute atomic E-state index is 0.0632. The molecule has 2 heterocycles. The van der Waals surface area contributed by atoms with Gasteiger partial charge in [-0.1, -0.05) is 0 Å². The zero-order chi connectivity index (χ0) is 24.6. The van der Waals surface area contributed by atoms with E-state index in [2.05, 4.69) is 15.3 Å². The van der Waals surface area contributed by atoms with E-state index in [-0.39, 0.29) is 36.9 Å². The molecule has 12 heteroatoms. The lowest BCUT2D eigenvalue weighted by molar-refractivity contribution is -0.0407. The molecule has 0 radical (unpaired) electrons. The van der Waals surface area contributed by atoms with Crippen molar-refractivity contribution in [3.63, 3.8) is 0 Å². The fraction of sp³-hybridized carbons (Fsp3) is 0.714. The Morgan fingerprint density at radius 1 is 1.42 bits per heavy atom. The first-order valence-electron chi connectivity index (χ1n) is 10.6. The highest BCUT2D eigenvalue weighted by molar-refractivity contribution is 5.68. The van der Waals surface area contributed by atoms with Crippen molar-refractivity contribution < 1.29 is 32.5 Å². The molecule has 1 amide bonds. The first-order valence-corrected chi connectivity index (χ1v) is 10.6. The molecule has 1 saturated carbocycles. The number of carbonyl (C=O) groups excluding carboxylic acids is 1. The Labute approximate surface area is 189 Å². The predicted molar refractivity (Wildman–Crippen MR) is 111 cm³/mol. The van der Waals surface area contributed by atoms with Crippen molar-refractivity contribution >= 4 is 12.0 Å². The number of rotatable bonds is 4. The lowest BCUT2D eigenvalue weighted by Gasteiger charge is -2.35. The number of nitriles is 1. The number of hydrogen-bond acceptors (Lipinski definition) is 8. The van der Waals surface area contributed by atoms with E-state index in [1.54, 1.807) is 20.8 Å². The zero-order valence-electron chi connectivity index (χ0n) is 18.9. The van der Waals surface area contributed by atoms with Crippen LogP contribution < -0.4 is 10.1 Å². The van der Waals surface area contributed by atoms with Crippen LogP contribution in [0.25, 0.3) is 0 Å². The molecule has 1 saturated heterocycles. The molecule has 2 N–H and O–H groups in total. The number of aliphatic hydroxyl groups is 1. The van der Waals surface area contributed by atoms with Gasteiger partial charge in [0.2, 0.25) is 11.8 Å². The van der Waals surface area contributed by atoms with Gasteiger partial charge in [-0.05, 0) is 34.1 Å². The van der Waals surface area contributed by atoms with Gasteiger partial charge in [-0.2, -0.15) is 10.2 Å². The summed E-state index contributed by atoms with van der Waals surface area (Å²) in [6, 6.07) is 1.08. The van der Waals surface area contributed by atoms with E-state index in [0.29, 0.717) is 0 Å². The van der Waals surface area contributed by atoms with E-state index in [4.69, 9.17) is 9.47 Å². The summed E-state index contributed by atoms with van der Waals surface area (Å²) in [7, 11) is 0. The molecule has 1 aromatic heterocycles. The average Bonchev–Trinajstić information content (AvgIpc) is 2.88. The Morgan fingerprint density at radius 3 is 2.67 bits per heavy atom. The van der Waals surface area contributed by atoms with E-state index >= 15 is 0 Å². The van der Waals surface area contributed by atoms with Gasteiger partial charge in [0, 0.05) is 13.0 Å². The molecule has 2 unspecified atom stereocenters. The van der Waals surface area contributed by atoms with E-state index in [1.807, 2.05) is 6.07 Å². The number of nitrogens with zero attached hydrogens (tertiary/aromatic N) is 4. The Hall–Kier alpha value is -2.81. The number of carbonyl (C=O) groups is 1. The third-order valence-corrected chi connectivity index (χ3v) is 5.43. The maximum atomic E-state index is 14.8. The minimum atomic E-state index is -3.11. The normalized spacial score (nSPS) is 29.3. The van der Waals surface area contributed by atoms with Crippen LogP contribution in [0.1, 0.15) is 52.5 Å². The lowest BCUT2D eigenvalue weighted by atomic mass is 10.0. The van der Waals surface area contributed by atoms with Gasteiger partial charge in [0.1, 0.15) is 35.1 Å². The molecule has 0 spiro atoms. The smallest absolute Gasteiger partial charge is 0.410 e. The van der Waals surface area contributed by atoms with Crippen LogP contribution in [0.3, 0.4) is 0 Å². The molecular formula is C21H28F3N5O4. The number of alkyl halides is 3. The predicted octanol–water partition coefficient (Wildman–Crippen LogP) is 3.04. The summed E-state index contributed by atoms with van der Waals surface area (Å²) >= 11 is 0. The largest absolute Gasteiger partial charge is 0.470 e. The van der Waals surface area contributed by atoms with Crippen molar-refractivity contribution in [1.82, 2.24) is 14.9 Å². The SMILES string of the molecule is CC(C)(C)OC(=O)N1CC[C@@H](Nc2ncc(C#N)c(OC3CC(F)(F)CC3(C)O)n2)[C@H](F)C1. The summed E-state index contributed by atoms with van der Waals surface area (Å²) in [5.41, 5.74) is -2.62. The van der Waals surface area contributed by atoms with Crippen LogP contribution in [0, 0.1) is 11.3 Å². The van der Waals surface area contributed by atoms with Gasteiger partial charge in [-0.3, -0.25) is 0 Å². The number of ether oxygens (including phenoxy) is 2. The molecule has 1 aromatic rings. The van der Waals surface area contributed by atoms with E-state index in [1.165, 1.54) is 11.8 Å².